The van der Waals surface area contributed by atoms with Gasteiger partial charge in [-0.25, -0.2) is 0 Å². The molecule has 0 saturated carbocycles. The van der Waals surface area contributed by atoms with Crippen molar-refractivity contribution >= 4 is 0 Å². The number of hydrogen-bond acceptors (Lipinski definition) is 5. The maximum atomic E-state index is 5.34. The van der Waals surface area contributed by atoms with Crippen LogP contribution in [-0.4, -0.2) is 41.8 Å². The quantitative estimate of drug-likeness (QED) is 0.740. The summed E-state index contributed by atoms with van der Waals surface area (Å²) in [6.07, 6.45) is -0.130. The number of rotatable bonds is 5. The number of ether oxygens (including phenoxy) is 1. The predicted octanol–water partition coefficient (Wildman–Crippen LogP) is 1.41. The second-order valence-corrected chi connectivity index (χ2v) is 3.93. The lowest BCUT2D eigenvalue weighted by molar-refractivity contribution is 0.0552. The van der Waals surface area contributed by atoms with E-state index in [0.29, 0.717) is 17.8 Å². The fourth-order valence-electron chi connectivity index (χ4n) is 1.18. The molecule has 0 aliphatic carbocycles. The molecule has 0 spiro atoms. The minimum Gasteiger partial charge on any atom is -0.372 e. The Kier molecular flexibility index (Phi) is 4.23. The molecule has 0 amide bonds. The zero-order valence-electron chi connectivity index (χ0n) is 10.0. The zero-order chi connectivity index (χ0) is 11.4. The van der Waals surface area contributed by atoms with E-state index in [0.717, 1.165) is 6.54 Å². The Labute approximate surface area is 90.4 Å². The number of likely N-dealkylation sites (N-methyl/N-ethyl adjacent to an activating group) is 1. The van der Waals surface area contributed by atoms with Crippen molar-refractivity contribution < 1.29 is 9.26 Å². The monoisotopic (exact) mass is 213 g/mol. The Hall–Kier alpha value is -0.940. The highest BCUT2D eigenvalue weighted by atomic mass is 16.5. The Morgan fingerprint density at radius 1 is 1.47 bits per heavy atom. The number of aryl methyl sites for hydroxylation is 1. The van der Waals surface area contributed by atoms with Gasteiger partial charge in [0.15, 0.2) is 0 Å². The van der Waals surface area contributed by atoms with E-state index in [1.807, 2.05) is 7.05 Å². The van der Waals surface area contributed by atoms with Crippen LogP contribution in [0.15, 0.2) is 4.52 Å². The second-order valence-electron chi connectivity index (χ2n) is 3.93. The van der Waals surface area contributed by atoms with E-state index in [9.17, 15) is 0 Å². The van der Waals surface area contributed by atoms with E-state index in [-0.39, 0.29) is 6.10 Å². The minimum absolute atomic E-state index is 0.130. The van der Waals surface area contributed by atoms with Gasteiger partial charge in [-0.05, 0) is 20.9 Å². The minimum atomic E-state index is -0.130. The van der Waals surface area contributed by atoms with Gasteiger partial charge in [0.05, 0.1) is 0 Å². The van der Waals surface area contributed by atoms with Crippen molar-refractivity contribution in [3.05, 3.63) is 11.7 Å². The average Bonchev–Trinajstić information content (AvgIpc) is 2.60. The van der Waals surface area contributed by atoms with Crippen molar-refractivity contribution in [3.8, 4) is 0 Å². The molecule has 86 valence electrons. The third-order valence-corrected chi connectivity index (χ3v) is 2.45. The lowest BCUT2D eigenvalue weighted by atomic mass is 10.2. The van der Waals surface area contributed by atoms with Gasteiger partial charge >= 0.3 is 0 Å². The maximum Gasteiger partial charge on any atom is 0.223 e. The molecule has 0 radical (unpaired) electrons. The molecule has 1 heterocycles. The van der Waals surface area contributed by atoms with E-state index in [2.05, 4.69) is 28.9 Å². The Bertz CT molecular complexity index is 299. The average molecular weight is 213 g/mol. The van der Waals surface area contributed by atoms with E-state index in [1.54, 1.807) is 14.0 Å². The lowest BCUT2D eigenvalue weighted by Gasteiger charge is -2.24. The van der Waals surface area contributed by atoms with Crippen LogP contribution in [0.25, 0.3) is 0 Å². The topological polar surface area (TPSA) is 51.4 Å². The van der Waals surface area contributed by atoms with Crippen LogP contribution in [0.2, 0.25) is 0 Å². The highest BCUT2D eigenvalue weighted by Crippen LogP contribution is 2.15. The number of nitrogens with zero attached hydrogens (tertiary/aromatic N) is 3. The fourth-order valence-corrected chi connectivity index (χ4v) is 1.18. The van der Waals surface area contributed by atoms with Crippen molar-refractivity contribution in [1.29, 1.82) is 0 Å². The van der Waals surface area contributed by atoms with Gasteiger partial charge in [-0.1, -0.05) is 5.16 Å². The van der Waals surface area contributed by atoms with Crippen molar-refractivity contribution in [1.82, 2.24) is 15.0 Å². The second kappa shape index (κ2) is 5.23. The van der Waals surface area contributed by atoms with Crippen LogP contribution in [0.4, 0.5) is 0 Å². The molecule has 0 fully saturated rings. The fraction of sp³-hybridized carbons (Fsp3) is 0.800. The maximum absolute atomic E-state index is 5.34. The molecule has 1 rings (SSSR count). The summed E-state index contributed by atoms with van der Waals surface area (Å²) in [5.41, 5.74) is 0. The number of hydrogen-bond donors (Lipinski definition) is 0. The molecule has 1 atom stereocenters. The summed E-state index contributed by atoms with van der Waals surface area (Å²) in [5, 5.41) is 3.86. The van der Waals surface area contributed by atoms with Crippen LogP contribution in [0.5, 0.6) is 0 Å². The van der Waals surface area contributed by atoms with Crippen LogP contribution in [0, 0.1) is 6.92 Å². The highest BCUT2D eigenvalue weighted by Gasteiger charge is 2.19. The van der Waals surface area contributed by atoms with E-state index in [1.165, 1.54) is 0 Å². The normalized spacial score (nSPS) is 13.8. The number of methoxy groups -OCH3 is 1. The van der Waals surface area contributed by atoms with Crippen molar-refractivity contribution in [2.45, 2.75) is 32.9 Å². The van der Waals surface area contributed by atoms with Gasteiger partial charge in [-0.15, -0.1) is 0 Å². The smallest absolute Gasteiger partial charge is 0.223 e. The molecule has 1 aromatic heterocycles. The number of aromatic nitrogens is 2. The first-order valence-electron chi connectivity index (χ1n) is 5.07. The van der Waals surface area contributed by atoms with Crippen molar-refractivity contribution in [2.75, 3.05) is 20.7 Å². The molecule has 0 aromatic carbocycles. The van der Waals surface area contributed by atoms with Gasteiger partial charge in [0, 0.05) is 26.6 Å². The summed E-state index contributed by atoms with van der Waals surface area (Å²) >= 11 is 0. The van der Waals surface area contributed by atoms with Gasteiger partial charge < -0.3 is 14.2 Å². The van der Waals surface area contributed by atoms with Gasteiger partial charge in [0.1, 0.15) is 6.10 Å². The molecule has 5 nitrogen and oxygen atoms in total. The zero-order valence-corrected chi connectivity index (χ0v) is 10.0. The third-order valence-electron chi connectivity index (χ3n) is 2.45. The molecule has 1 aromatic rings. The van der Waals surface area contributed by atoms with Gasteiger partial charge in [-0.2, -0.15) is 4.98 Å². The van der Waals surface area contributed by atoms with Crippen molar-refractivity contribution in [3.63, 3.8) is 0 Å². The third kappa shape index (κ3) is 3.28. The molecule has 0 aliphatic rings. The van der Waals surface area contributed by atoms with Crippen LogP contribution >= 0.6 is 0 Å². The van der Waals surface area contributed by atoms with Crippen molar-refractivity contribution in [2.24, 2.45) is 0 Å². The Morgan fingerprint density at radius 2 is 2.13 bits per heavy atom. The molecule has 0 N–H and O–H groups in total. The van der Waals surface area contributed by atoms with E-state index in [4.69, 9.17) is 9.26 Å². The summed E-state index contributed by atoms with van der Waals surface area (Å²) in [6.45, 7) is 6.80. The highest BCUT2D eigenvalue weighted by molar-refractivity contribution is 4.91. The predicted molar refractivity (Wildman–Crippen MR) is 56.6 cm³/mol. The van der Waals surface area contributed by atoms with Gasteiger partial charge in [-0.3, -0.25) is 0 Å². The Balaban J connectivity index is 2.64. The van der Waals surface area contributed by atoms with Crippen LogP contribution < -0.4 is 0 Å². The molecule has 15 heavy (non-hydrogen) atoms. The van der Waals surface area contributed by atoms with Crippen LogP contribution in [-0.2, 0) is 4.74 Å². The van der Waals surface area contributed by atoms with Gasteiger partial charge in [0.2, 0.25) is 11.7 Å². The summed E-state index contributed by atoms with van der Waals surface area (Å²) < 4.78 is 10.3. The molecule has 0 saturated heterocycles. The largest absolute Gasteiger partial charge is 0.372 e. The molecule has 5 heteroatoms. The molecular formula is C10H19N3O2. The van der Waals surface area contributed by atoms with E-state index < -0.39 is 0 Å². The first kappa shape index (κ1) is 12.1. The molecular weight excluding hydrogens is 194 g/mol. The van der Waals surface area contributed by atoms with E-state index >= 15 is 0 Å². The standard InChI is InChI=1S/C10H19N3O2/c1-7(2)13(4)6-9(14-5)10-11-8(3)15-12-10/h7,9H,6H2,1-5H3. The van der Waals surface area contributed by atoms with Crippen LogP contribution in [0.1, 0.15) is 31.7 Å². The summed E-state index contributed by atoms with van der Waals surface area (Å²) in [5.74, 6) is 1.18. The van der Waals surface area contributed by atoms with Crippen LogP contribution in [0.3, 0.4) is 0 Å². The molecule has 0 bridgehead atoms. The first-order valence-corrected chi connectivity index (χ1v) is 5.07. The summed E-state index contributed by atoms with van der Waals surface area (Å²) in [6, 6.07) is 0.468. The van der Waals surface area contributed by atoms with Gasteiger partial charge in [0.25, 0.3) is 0 Å². The Morgan fingerprint density at radius 3 is 2.53 bits per heavy atom. The first-order chi connectivity index (χ1) is 7.04. The molecule has 1 unspecified atom stereocenters. The molecule has 0 aliphatic heterocycles. The summed E-state index contributed by atoms with van der Waals surface area (Å²) in [4.78, 5) is 6.35. The lowest BCUT2D eigenvalue weighted by Crippen LogP contribution is -2.31. The SMILES string of the molecule is COC(CN(C)C(C)C)c1noc(C)n1. The summed E-state index contributed by atoms with van der Waals surface area (Å²) in [7, 11) is 3.70.